The van der Waals surface area contributed by atoms with Crippen molar-refractivity contribution >= 4 is 22.8 Å². The lowest BCUT2D eigenvalue weighted by Gasteiger charge is -2.20. The molecule has 3 rings (SSSR count). The third-order valence-electron chi connectivity index (χ3n) is 5.77. The minimum Gasteiger partial charge on any atom is -0.464 e. The van der Waals surface area contributed by atoms with E-state index in [1.807, 2.05) is 30.5 Å². The zero-order chi connectivity index (χ0) is 23.5. The minimum absolute atomic E-state index is 0.304. The number of amides is 1. The van der Waals surface area contributed by atoms with E-state index < -0.39 is 24.0 Å². The monoisotopic (exact) mass is 453 g/mol. The number of benzene rings is 1. The SMILES string of the molecule is CCCCCCCCOC(=O)[C@H](Cc1c[nH]c2ccccc12)NC(=O)[C@@H](N)Cc1cnc[nH]1. The molecule has 33 heavy (non-hydrogen) atoms. The summed E-state index contributed by atoms with van der Waals surface area (Å²) in [6.07, 6.45) is 12.3. The van der Waals surface area contributed by atoms with Gasteiger partial charge in [0.2, 0.25) is 5.91 Å². The maximum absolute atomic E-state index is 12.9. The average molecular weight is 454 g/mol. The predicted molar refractivity (Wildman–Crippen MR) is 129 cm³/mol. The van der Waals surface area contributed by atoms with E-state index in [0.29, 0.717) is 19.4 Å². The van der Waals surface area contributed by atoms with Gasteiger partial charge < -0.3 is 25.8 Å². The van der Waals surface area contributed by atoms with Gasteiger partial charge in [-0.1, -0.05) is 57.2 Å². The topological polar surface area (TPSA) is 126 Å². The molecule has 8 nitrogen and oxygen atoms in total. The number of carbonyl (C=O) groups excluding carboxylic acids is 2. The number of ether oxygens (including phenoxy) is 1. The lowest BCUT2D eigenvalue weighted by molar-refractivity contribution is -0.148. The number of para-hydroxylation sites is 1. The van der Waals surface area contributed by atoms with Crippen LogP contribution in [0, 0.1) is 0 Å². The van der Waals surface area contributed by atoms with Gasteiger partial charge in [-0.25, -0.2) is 9.78 Å². The summed E-state index contributed by atoms with van der Waals surface area (Å²) in [5.41, 5.74) is 8.76. The molecule has 0 aliphatic heterocycles. The van der Waals surface area contributed by atoms with Gasteiger partial charge in [0.05, 0.1) is 19.0 Å². The molecule has 8 heteroatoms. The molecule has 3 aromatic rings. The Balaban J connectivity index is 1.61. The fourth-order valence-corrected chi connectivity index (χ4v) is 3.87. The third kappa shape index (κ3) is 7.46. The Labute approximate surface area is 194 Å². The number of aromatic nitrogens is 3. The highest BCUT2D eigenvalue weighted by Gasteiger charge is 2.26. The quantitative estimate of drug-likeness (QED) is 0.220. The van der Waals surface area contributed by atoms with Crippen LogP contribution < -0.4 is 11.1 Å². The van der Waals surface area contributed by atoms with Crippen molar-refractivity contribution in [2.75, 3.05) is 6.61 Å². The fourth-order valence-electron chi connectivity index (χ4n) is 3.87. The van der Waals surface area contributed by atoms with Crippen LogP contribution in [0.5, 0.6) is 0 Å². The van der Waals surface area contributed by atoms with Crippen LogP contribution in [0.4, 0.5) is 0 Å². The number of nitrogens with one attached hydrogen (secondary N) is 3. The van der Waals surface area contributed by atoms with E-state index in [9.17, 15) is 9.59 Å². The highest BCUT2D eigenvalue weighted by atomic mass is 16.5. The number of hydrogen-bond donors (Lipinski definition) is 4. The Bertz CT molecular complexity index is 999. The molecule has 1 amide bonds. The standard InChI is InChI=1S/C25H35N5O3/c1-2-3-4-5-6-9-12-33-25(32)23(13-18-15-28-22-11-8-7-10-20(18)22)30-24(31)21(26)14-19-16-27-17-29-19/h7-8,10-11,15-17,21,23,28H,2-6,9,12-14,26H2,1H3,(H,27,29)(H,30,31)/t21-,23-/m0/s1. The zero-order valence-electron chi connectivity index (χ0n) is 19.3. The molecule has 178 valence electrons. The Morgan fingerprint density at radius 1 is 1.09 bits per heavy atom. The molecule has 5 N–H and O–H groups in total. The van der Waals surface area contributed by atoms with E-state index in [1.165, 1.54) is 19.3 Å². The van der Waals surface area contributed by atoms with E-state index in [4.69, 9.17) is 10.5 Å². The summed E-state index contributed by atoms with van der Waals surface area (Å²) in [6, 6.07) is 6.25. The number of aromatic amines is 2. The van der Waals surface area contributed by atoms with Crippen LogP contribution in [0.3, 0.4) is 0 Å². The van der Waals surface area contributed by atoms with Crippen molar-refractivity contribution < 1.29 is 14.3 Å². The van der Waals surface area contributed by atoms with Crippen LogP contribution in [0.15, 0.2) is 43.0 Å². The second-order valence-electron chi connectivity index (χ2n) is 8.45. The first-order chi connectivity index (χ1) is 16.1. The Kier molecular flexibility index (Phi) is 9.50. The molecule has 0 saturated carbocycles. The van der Waals surface area contributed by atoms with Crippen molar-refractivity contribution in [3.63, 3.8) is 0 Å². The van der Waals surface area contributed by atoms with Gasteiger partial charge >= 0.3 is 5.97 Å². The molecule has 0 aliphatic carbocycles. The van der Waals surface area contributed by atoms with Crippen molar-refractivity contribution in [3.05, 3.63) is 54.2 Å². The van der Waals surface area contributed by atoms with E-state index in [2.05, 4.69) is 27.2 Å². The minimum atomic E-state index is -0.815. The van der Waals surface area contributed by atoms with Crippen LogP contribution in [-0.2, 0) is 27.2 Å². The Morgan fingerprint density at radius 2 is 1.88 bits per heavy atom. The molecule has 2 atom stereocenters. The van der Waals surface area contributed by atoms with Crippen LogP contribution in [-0.4, -0.2) is 45.5 Å². The second kappa shape index (κ2) is 12.8. The number of nitrogens with zero attached hydrogens (tertiary/aromatic N) is 1. The summed E-state index contributed by atoms with van der Waals surface area (Å²) in [5.74, 6) is -0.832. The number of fused-ring (bicyclic) bond motifs is 1. The molecule has 0 fully saturated rings. The van der Waals surface area contributed by atoms with E-state index >= 15 is 0 Å². The van der Waals surface area contributed by atoms with Crippen molar-refractivity contribution in [3.8, 4) is 0 Å². The Hall–Kier alpha value is -3.13. The summed E-state index contributed by atoms with van der Waals surface area (Å²) in [7, 11) is 0. The lowest BCUT2D eigenvalue weighted by Crippen LogP contribution is -2.50. The van der Waals surface area contributed by atoms with Gasteiger partial charge in [0.1, 0.15) is 6.04 Å². The smallest absolute Gasteiger partial charge is 0.328 e. The molecule has 2 aromatic heterocycles. The molecule has 0 radical (unpaired) electrons. The van der Waals surface area contributed by atoms with Crippen LogP contribution >= 0.6 is 0 Å². The number of hydrogen-bond acceptors (Lipinski definition) is 5. The molecular weight excluding hydrogens is 418 g/mol. The van der Waals surface area contributed by atoms with E-state index in [0.717, 1.165) is 41.4 Å². The predicted octanol–water partition coefficient (Wildman–Crippen LogP) is 3.39. The first kappa shape index (κ1) is 24.5. The highest BCUT2D eigenvalue weighted by molar-refractivity contribution is 5.89. The molecule has 0 spiro atoms. The van der Waals surface area contributed by atoms with Gasteiger partial charge in [0, 0.05) is 41.8 Å². The summed E-state index contributed by atoms with van der Waals surface area (Å²) in [5, 5.41) is 3.83. The third-order valence-corrected chi connectivity index (χ3v) is 5.77. The van der Waals surface area contributed by atoms with E-state index in [1.54, 1.807) is 12.5 Å². The van der Waals surface area contributed by atoms with Gasteiger partial charge in [0.15, 0.2) is 0 Å². The number of rotatable bonds is 14. The summed E-state index contributed by atoms with van der Waals surface area (Å²) in [4.78, 5) is 35.8. The maximum Gasteiger partial charge on any atom is 0.328 e. The van der Waals surface area contributed by atoms with Gasteiger partial charge in [-0.2, -0.15) is 0 Å². The van der Waals surface area contributed by atoms with E-state index in [-0.39, 0.29) is 0 Å². The molecule has 0 saturated heterocycles. The van der Waals surface area contributed by atoms with Gasteiger partial charge in [-0.05, 0) is 18.1 Å². The van der Waals surface area contributed by atoms with Gasteiger partial charge in [0.25, 0.3) is 0 Å². The number of unbranched alkanes of at least 4 members (excludes halogenated alkanes) is 5. The van der Waals surface area contributed by atoms with Crippen LogP contribution in [0.2, 0.25) is 0 Å². The largest absolute Gasteiger partial charge is 0.464 e. The van der Waals surface area contributed by atoms with Crippen molar-refractivity contribution in [1.29, 1.82) is 0 Å². The van der Waals surface area contributed by atoms with Crippen LogP contribution in [0.25, 0.3) is 10.9 Å². The normalized spacial score (nSPS) is 13.0. The molecule has 0 bridgehead atoms. The summed E-state index contributed by atoms with van der Waals surface area (Å²) in [6.45, 7) is 2.54. The van der Waals surface area contributed by atoms with Crippen molar-refractivity contribution in [1.82, 2.24) is 20.3 Å². The number of carbonyl (C=O) groups is 2. The van der Waals surface area contributed by atoms with Gasteiger partial charge in [-0.3, -0.25) is 4.79 Å². The van der Waals surface area contributed by atoms with Crippen molar-refractivity contribution in [2.45, 2.75) is 70.4 Å². The Morgan fingerprint density at radius 3 is 2.67 bits per heavy atom. The summed E-state index contributed by atoms with van der Waals surface area (Å²) >= 11 is 0. The molecule has 2 heterocycles. The zero-order valence-corrected chi connectivity index (χ0v) is 19.3. The molecular formula is C25H35N5O3. The first-order valence-electron chi connectivity index (χ1n) is 11.8. The molecule has 1 aromatic carbocycles. The number of esters is 1. The highest BCUT2D eigenvalue weighted by Crippen LogP contribution is 2.19. The van der Waals surface area contributed by atoms with Crippen molar-refractivity contribution in [2.24, 2.45) is 5.73 Å². The van der Waals surface area contributed by atoms with Gasteiger partial charge in [-0.15, -0.1) is 0 Å². The average Bonchev–Trinajstić information content (AvgIpc) is 3.48. The fraction of sp³-hybridized carbons (Fsp3) is 0.480. The first-order valence-corrected chi connectivity index (χ1v) is 11.8. The molecule has 0 aliphatic rings. The maximum atomic E-state index is 12.9. The number of nitrogens with two attached hydrogens (primary N) is 1. The second-order valence-corrected chi connectivity index (χ2v) is 8.45. The molecule has 0 unspecified atom stereocenters. The van der Waals surface area contributed by atoms with Crippen LogP contribution in [0.1, 0.15) is 56.7 Å². The summed E-state index contributed by atoms with van der Waals surface area (Å²) < 4.78 is 5.54. The number of imidazole rings is 1. The number of H-pyrrole nitrogens is 2. The lowest BCUT2D eigenvalue weighted by atomic mass is 10.0.